The SMILES string of the molecule is NI(c1ccccc1)c1ccccc1. The molecular weight excluding hydrogens is 285 g/mol. The molecule has 2 aromatic carbocycles. The van der Waals surface area contributed by atoms with Gasteiger partial charge in [0.1, 0.15) is 0 Å². The molecule has 0 saturated carbocycles. The molecule has 0 radical (unpaired) electrons. The first-order chi connectivity index (χ1) is 6.88. The molecule has 0 aromatic heterocycles. The van der Waals surface area contributed by atoms with E-state index in [4.69, 9.17) is 3.95 Å². The molecule has 14 heavy (non-hydrogen) atoms. The Labute approximate surface area is 91.7 Å². The molecule has 0 fully saturated rings. The fourth-order valence-electron chi connectivity index (χ4n) is 1.23. The Hall–Kier alpha value is -0.870. The molecular formula is C12H12IN. The van der Waals surface area contributed by atoms with Crippen LogP contribution in [0.5, 0.6) is 0 Å². The molecule has 2 aromatic rings. The molecule has 0 saturated heterocycles. The molecule has 2 rings (SSSR count). The average molecular weight is 297 g/mol. The van der Waals surface area contributed by atoms with Gasteiger partial charge in [0.15, 0.2) is 0 Å². The topological polar surface area (TPSA) is 26.0 Å². The van der Waals surface area contributed by atoms with Gasteiger partial charge >= 0.3 is 91.8 Å². The number of halogens is 1. The Balaban J connectivity index is 2.30. The zero-order chi connectivity index (χ0) is 9.80. The van der Waals surface area contributed by atoms with Crippen molar-refractivity contribution in [3.63, 3.8) is 0 Å². The van der Waals surface area contributed by atoms with Crippen LogP contribution in [0.2, 0.25) is 0 Å². The van der Waals surface area contributed by atoms with E-state index >= 15 is 0 Å². The Bertz CT molecular complexity index is 346. The van der Waals surface area contributed by atoms with Crippen LogP contribution in [-0.4, -0.2) is 0 Å². The molecule has 0 heterocycles. The molecule has 2 N–H and O–H groups in total. The number of hydrogen-bond donors (Lipinski definition) is 1. The summed E-state index contributed by atoms with van der Waals surface area (Å²) in [6, 6.07) is 20.7. The van der Waals surface area contributed by atoms with Crippen LogP contribution in [-0.2, 0) is 0 Å². The van der Waals surface area contributed by atoms with Gasteiger partial charge in [0.2, 0.25) is 0 Å². The van der Waals surface area contributed by atoms with Crippen molar-refractivity contribution in [1.82, 2.24) is 0 Å². The van der Waals surface area contributed by atoms with Gasteiger partial charge in [0, 0.05) is 0 Å². The van der Waals surface area contributed by atoms with Gasteiger partial charge in [0.25, 0.3) is 0 Å². The summed E-state index contributed by atoms with van der Waals surface area (Å²) in [6.45, 7) is 0. The number of nitrogens with two attached hydrogens (primary N) is 1. The first-order valence-electron chi connectivity index (χ1n) is 4.42. The Morgan fingerprint density at radius 3 is 1.36 bits per heavy atom. The summed E-state index contributed by atoms with van der Waals surface area (Å²) >= 11 is -1.60. The predicted molar refractivity (Wildman–Crippen MR) is 68.5 cm³/mol. The second-order valence-corrected chi connectivity index (χ2v) is 7.18. The fourth-order valence-corrected chi connectivity index (χ4v) is 4.33. The number of hydrogen-bond acceptors (Lipinski definition) is 1. The van der Waals surface area contributed by atoms with Crippen molar-refractivity contribution in [2.24, 2.45) is 3.95 Å². The van der Waals surface area contributed by atoms with E-state index in [9.17, 15) is 0 Å². The molecule has 1 nitrogen and oxygen atoms in total. The normalized spacial score (nSPS) is 11.1. The molecule has 0 atom stereocenters. The van der Waals surface area contributed by atoms with E-state index in [0.717, 1.165) is 0 Å². The van der Waals surface area contributed by atoms with Crippen molar-refractivity contribution in [2.75, 3.05) is 0 Å². The molecule has 0 amide bonds. The maximum absolute atomic E-state index is 6.27. The van der Waals surface area contributed by atoms with Crippen LogP contribution < -0.4 is 3.95 Å². The Morgan fingerprint density at radius 1 is 0.643 bits per heavy atom. The van der Waals surface area contributed by atoms with E-state index in [1.54, 1.807) is 0 Å². The van der Waals surface area contributed by atoms with Crippen molar-refractivity contribution < 1.29 is 0 Å². The van der Waals surface area contributed by atoms with E-state index in [1.165, 1.54) is 7.14 Å². The van der Waals surface area contributed by atoms with Crippen LogP contribution in [0, 0.1) is 7.14 Å². The van der Waals surface area contributed by atoms with Crippen molar-refractivity contribution in [2.45, 2.75) is 0 Å². The third kappa shape index (κ3) is 2.13. The third-order valence-corrected chi connectivity index (χ3v) is 6.06. The summed E-state index contributed by atoms with van der Waals surface area (Å²) in [7, 11) is 0. The summed E-state index contributed by atoms with van der Waals surface area (Å²) in [6.07, 6.45) is 0. The first kappa shape index (κ1) is 9.68. The minimum absolute atomic E-state index is 1.31. The molecule has 0 spiro atoms. The quantitative estimate of drug-likeness (QED) is 0.669. The van der Waals surface area contributed by atoms with Crippen LogP contribution >= 0.6 is 20.1 Å². The maximum atomic E-state index is 6.27. The van der Waals surface area contributed by atoms with Crippen LogP contribution in [0.3, 0.4) is 0 Å². The average Bonchev–Trinajstić information content (AvgIpc) is 2.30. The number of rotatable bonds is 2. The molecule has 2 heteroatoms. The van der Waals surface area contributed by atoms with Gasteiger partial charge in [-0.25, -0.2) is 0 Å². The van der Waals surface area contributed by atoms with E-state index in [1.807, 2.05) is 12.1 Å². The van der Waals surface area contributed by atoms with Crippen molar-refractivity contribution in [1.29, 1.82) is 0 Å². The molecule has 0 aliphatic rings. The molecule has 0 unspecified atom stereocenters. The summed E-state index contributed by atoms with van der Waals surface area (Å²) < 4.78 is 8.89. The Kier molecular flexibility index (Phi) is 3.16. The molecule has 72 valence electrons. The van der Waals surface area contributed by atoms with Gasteiger partial charge in [-0.3, -0.25) is 0 Å². The van der Waals surface area contributed by atoms with E-state index in [-0.39, 0.29) is 0 Å². The second-order valence-electron chi connectivity index (χ2n) is 2.90. The molecule has 0 bridgehead atoms. The minimum atomic E-state index is -1.60. The van der Waals surface area contributed by atoms with Gasteiger partial charge in [-0.05, 0) is 0 Å². The molecule has 0 aliphatic carbocycles. The summed E-state index contributed by atoms with van der Waals surface area (Å²) in [5, 5.41) is 0. The monoisotopic (exact) mass is 297 g/mol. The van der Waals surface area contributed by atoms with E-state index in [2.05, 4.69) is 48.5 Å². The fraction of sp³-hybridized carbons (Fsp3) is 0. The van der Waals surface area contributed by atoms with Crippen molar-refractivity contribution >= 4 is 20.1 Å². The summed E-state index contributed by atoms with van der Waals surface area (Å²) in [5.74, 6) is 0. The van der Waals surface area contributed by atoms with Gasteiger partial charge < -0.3 is 0 Å². The van der Waals surface area contributed by atoms with Crippen LogP contribution in [0.15, 0.2) is 60.7 Å². The number of benzene rings is 2. The van der Waals surface area contributed by atoms with E-state index in [0.29, 0.717) is 0 Å². The van der Waals surface area contributed by atoms with Crippen LogP contribution in [0.4, 0.5) is 0 Å². The Morgan fingerprint density at radius 2 is 1.00 bits per heavy atom. The standard InChI is InChI=1S/C12H12IN/c14-13(11-7-3-1-4-8-11)12-9-5-2-6-10-12/h1-10H,14H2. The van der Waals surface area contributed by atoms with E-state index < -0.39 is 20.1 Å². The first-order valence-corrected chi connectivity index (χ1v) is 7.82. The van der Waals surface area contributed by atoms with Gasteiger partial charge in [-0.15, -0.1) is 0 Å². The third-order valence-electron chi connectivity index (χ3n) is 1.94. The zero-order valence-electron chi connectivity index (χ0n) is 7.73. The van der Waals surface area contributed by atoms with Gasteiger partial charge in [-0.2, -0.15) is 0 Å². The van der Waals surface area contributed by atoms with Gasteiger partial charge in [0.05, 0.1) is 0 Å². The van der Waals surface area contributed by atoms with Gasteiger partial charge in [-0.1, -0.05) is 0 Å². The molecule has 0 aliphatic heterocycles. The van der Waals surface area contributed by atoms with Crippen molar-refractivity contribution in [3.8, 4) is 0 Å². The summed E-state index contributed by atoms with van der Waals surface area (Å²) in [4.78, 5) is 0. The van der Waals surface area contributed by atoms with Crippen LogP contribution in [0.25, 0.3) is 0 Å². The second kappa shape index (κ2) is 4.57. The zero-order valence-corrected chi connectivity index (χ0v) is 9.89. The predicted octanol–water partition coefficient (Wildman–Crippen LogP) is 3.11. The summed E-state index contributed by atoms with van der Waals surface area (Å²) in [5.41, 5.74) is 0. The van der Waals surface area contributed by atoms with Crippen molar-refractivity contribution in [3.05, 3.63) is 67.8 Å². The van der Waals surface area contributed by atoms with Crippen LogP contribution in [0.1, 0.15) is 0 Å².